The van der Waals surface area contributed by atoms with Gasteiger partial charge in [0.15, 0.2) is 5.78 Å². The van der Waals surface area contributed by atoms with Gasteiger partial charge >= 0.3 is 0 Å². The van der Waals surface area contributed by atoms with Gasteiger partial charge in [0, 0.05) is 18.0 Å². The van der Waals surface area contributed by atoms with Crippen LogP contribution in [0.2, 0.25) is 0 Å². The minimum atomic E-state index is -0.0421. The Hall–Kier alpha value is -2.23. The number of ketones is 1. The molecule has 0 fully saturated rings. The average Bonchev–Trinajstić information content (AvgIpc) is 2.39. The van der Waals surface area contributed by atoms with Crippen LogP contribution < -0.4 is 4.74 Å². The van der Waals surface area contributed by atoms with Crippen LogP contribution in [0.3, 0.4) is 0 Å². The first-order valence-electron chi connectivity index (χ1n) is 5.17. The monoisotopic (exact) mass is 228 g/mol. The van der Waals surface area contributed by atoms with Gasteiger partial charge in [0.25, 0.3) is 0 Å². The van der Waals surface area contributed by atoms with Crippen molar-refractivity contribution < 1.29 is 9.53 Å². The quantitative estimate of drug-likeness (QED) is 0.757. The van der Waals surface area contributed by atoms with Gasteiger partial charge in [-0.05, 0) is 25.1 Å². The third-order valence-electron chi connectivity index (χ3n) is 2.44. The minimum Gasteiger partial charge on any atom is -0.494 e. The highest BCUT2D eigenvalue weighted by Crippen LogP contribution is 2.23. The lowest BCUT2D eigenvalue weighted by atomic mass is 10.1. The summed E-state index contributed by atoms with van der Waals surface area (Å²) in [4.78, 5) is 19.7. The Bertz CT molecular complexity index is 538. The van der Waals surface area contributed by atoms with Gasteiger partial charge in [0.05, 0.1) is 24.6 Å². The van der Waals surface area contributed by atoms with Crippen molar-refractivity contribution in [2.45, 2.75) is 6.92 Å². The largest absolute Gasteiger partial charge is 0.494 e. The first-order valence-corrected chi connectivity index (χ1v) is 5.17. The molecular weight excluding hydrogens is 216 g/mol. The predicted molar refractivity (Wildman–Crippen MR) is 64.0 cm³/mol. The Morgan fingerprint density at radius 2 is 2.00 bits per heavy atom. The first-order chi connectivity index (χ1) is 8.22. The van der Waals surface area contributed by atoms with E-state index in [1.54, 1.807) is 24.7 Å². The van der Waals surface area contributed by atoms with Gasteiger partial charge in [-0.3, -0.25) is 14.8 Å². The Morgan fingerprint density at radius 3 is 2.59 bits per heavy atom. The Labute approximate surface area is 99.3 Å². The van der Waals surface area contributed by atoms with Crippen LogP contribution in [0.1, 0.15) is 17.3 Å². The molecule has 0 aliphatic rings. The van der Waals surface area contributed by atoms with Crippen molar-refractivity contribution in [3.63, 3.8) is 0 Å². The maximum Gasteiger partial charge on any atom is 0.163 e. The van der Waals surface area contributed by atoms with Crippen molar-refractivity contribution in [1.82, 2.24) is 9.97 Å². The van der Waals surface area contributed by atoms with E-state index >= 15 is 0 Å². The van der Waals surface area contributed by atoms with Crippen molar-refractivity contribution in [1.29, 1.82) is 0 Å². The number of aromatic nitrogens is 2. The van der Waals surface area contributed by atoms with E-state index in [4.69, 9.17) is 4.74 Å². The zero-order valence-corrected chi connectivity index (χ0v) is 9.68. The van der Waals surface area contributed by atoms with E-state index in [-0.39, 0.29) is 5.78 Å². The third kappa shape index (κ3) is 2.30. The summed E-state index contributed by atoms with van der Waals surface area (Å²) in [6.07, 6.45) is 4.94. The third-order valence-corrected chi connectivity index (χ3v) is 2.44. The summed E-state index contributed by atoms with van der Waals surface area (Å²) in [5, 5.41) is 0. The number of hydrogen-bond donors (Lipinski definition) is 0. The van der Waals surface area contributed by atoms with Crippen LogP contribution in [0.5, 0.6) is 5.75 Å². The molecule has 0 unspecified atom stereocenters. The van der Waals surface area contributed by atoms with E-state index in [9.17, 15) is 4.79 Å². The second kappa shape index (κ2) is 4.74. The molecule has 4 heteroatoms. The van der Waals surface area contributed by atoms with Crippen molar-refractivity contribution >= 4 is 5.78 Å². The molecule has 2 aromatic heterocycles. The maximum absolute atomic E-state index is 11.5. The van der Waals surface area contributed by atoms with Crippen LogP contribution in [-0.2, 0) is 0 Å². The second-order valence-electron chi connectivity index (χ2n) is 3.56. The fourth-order valence-electron chi connectivity index (χ4n) is 1.56. The van der Waals surface area contributed by atoms with E-state index in [1.807, 2.05) is 12.1 Å². The molecule has 0 saturated heterocycles. The normalized spacial score (nSPS) is 10.0. The van der Waals surface area contributed by atoms with Crippen molar-refractivity contribution in [3.8, 4) is 17.0 Å². The molecule has 0 radical (unpaired) electrons. The molecule has 2 rings (SSSR count). The van der Waals surface area contributed by atoms with Crippen molar-refractivity contribution in [3.05, 3.63) is 42.4 Å². The summed E-state index contributed by atoms with van der Waals surface area (Å²) in [5.74, 6) is 0.454. The average molecular weight is 228 g/mol. The van der Waals surface area contributed by atoms with Crippen LogP contribution in [0.15, 0.2) is 36.8 Å². The fourth-order valence-corrected chi connectivity index (χ4v) is 1.56. The Kier molecular flexibility index (Phi) is 3.14. The lowest BCUT2D eigenvalue weighted by Crippen LogP contribution is -1.99. The molecule has 0 N–H and O–H groups in total. The second-order valence-corrected chi connectivity index (χ2v) is 3.56. The molecule has 0 aliphatic carbocycles. The van der Waals surface area contributed by atoms with E-state index in [1.165, 1.54) is 14.0 Å². The topological polar surface area (TPSA) is 52.1 Å². The van der Waals surface area contributed by atoms with Crippen molar-refractivity contribution in [2.24, 2.45) is 0 Å². The van der Waals surface area contributed by atoms with Crippen LogP contribution in [0, 0.1) is 0 Å². The summed E-state index contributed by atoms with van der Waals surface area (Å²) in [5.41, 5.74) is 2.19. The van der Waals surface area contributed by atoms with Gasteiger partial charge in [-0.2, -0.15) is 0 Å². The van der Waals surface area contributed by atoms with Crippen LogP contribution in [0.25, 0.3) is 11.3 Å². The molecule has 0 aliphatic heterocycles. The number of rotatable bonds is 3. The van der Waals surface area contributed by atoms with Crippen LogP contribution in [-0.4, -0.2) is 22.9 Å². The summed E-state index contributed by atoms with van der Waals surface area (Å²) in [7, 11) is 1.52. The molecule has 0 spiro atoms. The number of carbonyl (C=O) groups excluding carboxylic acids is 1. The summed E-state index contributed by atoms with van der Waals surface area (Å²) in [6.45, 7) is 1.51. The fraction of sp³-hybridized carbons (Fsp3) is 0.154. The molecule has 2 heterocycles. The van der Waals surface area contributed by atoms with E-state index in [2.05, 4.69) is 9.97 Å². The lowest BCUT2D eigenvalue weighted by molar-refractivity contribution is 0.101. The first kappa shape index (κ1) is 11.3. The molecular formula is C13H12N2O2. The zero-order chi connectivity index (χ0) is 12.3. The predicted octanol–water partition coefficient (Wildman–Crippen LogP) is 2.35. The molecule has 0 amide bonds. The van der Waals surface area contributed by atoms with E-state index in [0.29, 0.717) is 11.3 Å². The molecule has 0 aromatic carbocycles. The van der Waals surface area contributed by atoms with Gasteiger partial charge < -0.3 is 4.74 Å². The van der Waals surface area contributed by atoms with E-state index < -0.39 is 0 Å². The summed E-state index contributed by atoms with van der Waals surface area (Å²) < 4.78 is 5.10. The smallest absolute Gasteiger partial charge is 0.163 e. The molecule has 0 bridgehead atoms. The van der Waals surface area contributed by atoms with Crippen molar-refractivity contribution in [2.75, 3.05) is 7.11 Å². The number of carbonyl (C=O) groups is 1. The maximum atomic E-state index is 11.5. The Morgan fingerprint density at radius 1 is 1.29 bits per heavy atom. The van der Waals surface area contributed by atoms with Crippen LogP contribution >= 0.6 is 0 Å². The molecule has 0 atom stereocenters. The number of Topliss-reactive ketones (excluding diaryl/α,β-unsaturated/α-hetero) is 1. The molecule has 2 aromatic rings. The lowest BCUT2D eigenvalue weighted by Gasteiger charge is -2.07. The SMILES string of the molecule is COc1cnc(-c2ccncc2)cc1C(C)=O. The van der Waals surface area contributed by atoms with Gasteiger partial charge in [-0.15, -0.1) is 0 Å². The van der Waals surface area contributed by atoms with Crippen LogP contribution in [0.4, 0.5) is 0 Å². The zero-order valence-electron chi connectivity index (χ0n) is 9.68. The number of hydrogen-bond acceptors (Lipinski definition) is 4. The minimum absolute atomic E-state index is 0.0421. The number of ether oxygens (including phenoxy) is 1. The number of methoxy groups -OCH3 is 1. The van der Waals surface area contributed by atoms with Gasteiger partial charge in [-0.1, -0.05) is 0 Å². The van der Waals surface area contributed by atoms with Gasteiger partial charge in [0.1, 0.15) is 5.75 Å². The van der Waals surface area contributed by atoms with Gasteiger partial charge in [-0.25, -0.2) is 0 Å². The highest BCUT2D eigenvalue weighted by Gasteiger charge is 2.10. The number of pyridine rings is 2. The standard InChI is InChI=1S/C13H12N2O2/c1-9(16)11-7-12(15-8-13(11)17-2)10-3-5-14-6-4-10/h3-8H,1-2H3. The molecule has 4 nitrogen and oxygen atoms in total. The van der Waals surface area contributed by atoms with Gasteiger partial charge in [0.2, 0.25) is 0 Å². The Balaban J connectivity index is 2.51. The highest BCUT2D eigenvalue weighted by molar-refractivity contribution is 5.97. The molecule has 17 heavy (non-hydrogen) atoms. The molecule has 0 saturated carbocycles. The van der Waals surface area contributed by atoms with E-state index in [0.717, 1.165) is 11.3 Å². The molecule has 86 valence electrons. The summed E-state index contributed by atoms with van der Waals surface area (Å²) in [6, 6.07) is 5.42. The summed E-state index contributed by atoms with van der Waals surface area (Å²) >= 11 is 0. The highest BCUT2D eigenvalue weighted by atomic mass is 16.5. The number of nitrogens with zero attached hydrogens (tertiary/aromatic N) is 2.